The molecule has 5 aliphatic rings. The maximum absolute atomic E-state index is 11.8. The van der Waals surface area contributed by atoms with Gasteiger partial charge in [0.15, 0.2) is 5.69 Å². The topological polar surface area (TPSA) is 108 Å². The molecule has 8 nitrogen and oxygen atoms in total. The molecular formula is C37H37Cl2N3O5. The summed E-state index contributed by atoms with van der Waals surface area (Å²) in [7, 11) is 0. The lowest BCUT2D eigenvalue weighted by Gasteiger charge is -2.52. The molecule has 5 saturated carbocycles. The minimum absolute atomic E-state index is 0.0109. The number of nitrogens with zero attached hydrogens (tertiary/aromatic N) is 3. The number of aromatic carboxylic acids is 1. The van der Waals surface area contributed by atoms with Crippen molar-refractivity contribution in [2.24, 2.45) is 5.41 Å². The molecule has 2 bridgehead atoms. The van der Waals surface area contributed by atoms with Crippen molar-refractivity contribution in [1.29, 1.82) is 0 Å². The number of carboxylic acids is 1. The van der Waals surface area contributed by atoms with Gasteiger partial charge in [-0.15, -0.1) is 0 Å². The molecule has 0 amide bonds. The molecule has 1 aromatic carbocycles. The van der Waals surface area contributed by atoms with Gasteiger partial charge in [-0.05, 0) is 100 Å². The first-order valence-corrected chi connectivity index (χ1v) is 17.5. The van der Waals surface area contributed by atoms with Crippen LogP contribution in [0.3, 0.4) is 0 Å². The zero-order chi connectivity index (χ0) is 32.2. The van der Waals surface area contributed by atoms with Crippen molar-refractivity contribution in [3.05, 3.63) is 75.4 Å². The maximum atomic E-state index is 11.8. The Balaban J connectivity index is 0.982. The Hall–Kier alpha value is -3.46. The van der Waals surface area contributed by atoms with E-state index in [2.05, 4.69) is 33.3 Å². The summed E-state index contributed by atoms with van der Waals surface area (Å²) in [6.07, 6.45) is 20.5. The van der Waals surface area contributed by atoms with E-state index in [1.165, 1.54) is 0 Å². The van der Waals surface area contributed by atoms with Crippen LogP contribution in [0.1, 0.15) is 110 Å². The molecule has 0 radical (unpaired) electrons. The van der Waals surface area contributed by atoms with E-state index < -0.39 is 5.97 Å². The monoisotopic (exact) mass is 673 g/mol. The number of allylic oxidation sites excluding steroid dienone is 1. The molecule has 5 fully saturated rings. The van der Waals surface area contributed by atoms with Crippen molar-refractivity contribution in [2.75, 3.05) is 0 Å². The molecular weight excluding hydrogens is 637 g/mol. The average Bonchev–Trinajstić information content (AvgIpc) is 3.63. The first-order chi connectivity index (χ1) is 22.8. The van der Waals surface area contributed by atoms with Crippen molar-refractivity contribution < 1.29 is 23.9 Å². The molecule has 0 aliphatic heterocycles. The van der Waals surface area contributed by atoms with Gasteiger partial charge in [0.25, 0.3) is 0 Å². The molecule has 0 unspecified atom stereocenters. The van der Waals surface area contributed by atoms with Crippen LogP contribution >= 0.6 is 23.2 Å². The van der Waals surface area contributed by atoms with Crippen molar-refractivity contribution >= 4 is 46.2 Å². The Morgan fingerprint density at radius 2 is 1.72 bits per heavy atom. The molecule has 0 saturated heterocycles. The van der Waals surface area contributed by atoms with E-state index in [-0.39, 0.29) is 22.8 Å². The van der Waals surface area contributed by atoms with Crippen molar-refractivity contribution in [3.63, 3.8) is 0 Å². The van der Waals surface area contributed by atoms with Gasteiger partial charge in [-0.1, -0.05) is 46.6 Å². The van der Waals surface area contributed by atoms with Crippen LogP contribution in [0.2, 0.25) is 10.0 Å². The molecule has 244 valence electrons. The number of fused-ring (bicyclic) bond motifs is 4. The lowest BCUT2D eigenvalue weighted by Crippen LogP contribution is -2.46. The number of carbonyl (C=O) groups is 1. The van der Waals surface area contributed by atoms with E-state index >= 15 is 0 Å². The average molecular weight is 675 g/mol. The fraction of sp³-hybridized carbons (Fsp3) is 0.459. The lowest BCUT2D eigenvalue weighted by atomic mass is 9.58. The highest BCUT2D eigenvalue weighted by Gasteiger charge is 2.48. The SMILES string of the molecule is O=C(O)c1cc(OC2CCCC2)c2cc(C=CC34CCC(OCc5c(-c6c(Cl)cncc6Cl)noc5C5CC5)(CC3)CC4)ccc2n1. The number of pyridine rings is 2. The number of ether oxygens (including phenoxy) is 2. The predicted molar refractivity (Wildman–Crippen MR) is 180 cm³/mol. The fourth-order valence-corrected chi connectivity index (χ4v) is 8.36. The summed E-state index contributed by atoms with van der Waals surface area (Å²) in [5.41, 5.74) is 3.94. The maximum Gasteiger partial charge on any atom is 0.354 e. The van der Waals surface area contributed by atoms with E-state index in [1.54, 1.807) is 18.5 Å². The largest absolute Gasteiger partial charge is 0.490 e. The number of aromatic nitrogens is 3. The highest BCUT2D eigenvalue weighted by Crippen LogP contribution is 2.55. The van der Waals surface area contributed by atoms with Crippen molar-refractivity contribution in [3.8, 4) is 17.0 Å². The molecule has 4 aromatic rings. The highest BCUT2D eigenvalue weighted by molar-refractivity contribution is 6.38. The highest BCUT2D eigenvalue weighted by atomic mass is 35.5. The number of rotatable bonds is 10. The van der Waals surface area contributed by atoms with Gasteiger partial charge in [-0.25, -0.2) is 9.78 Å². The van der Waals surface area contributed by atoms with E-state index in [1.807, 2.05) is 12.1 Å². The van der Waals surface area contributed by atoms with Gasteiger partial charge in [0.1, 0.15) is 17.2 Å². The predicted octanol–water partition coefficient (Wildman–Crippen LogP) is 9.81. The normalized spacial score (nSPS) is 24.5. The molecule has 0 atom stereocenters. The summed E-state index contributed by atoms with van der Waals surface area (Å²) in [6, 6.07) is 7.58. The van der Waals surface area contributed by atoms with Crippen LogP contribution < -0.4 is 4.74 Å². The summed E-state index contributed by atoms with van der Waals surface area (Å²) in [4.78, 5) is 20.2. The van der Waals surface area contributed by atoms with Crippen LogP contribution in [0.4, 0.5) is 0 Å². The van der Waals surface area contributed by atoms with Crippen LogP contribution in [0.25, 0.3) is 28.2 Å². The Morgan fingerprint density at radius 1 is 1.00 bits per heavy atom. The summed E-state index contributed by atoms with van der Waals surface area (Å²) in [5.74, 6) is 0.830. The second kappa shape index (κ2) is 12.2. The van der Waals surface area contributed by atoms with E-state index in [0.717, 1.165) is 99.3 Å². The molecule has 9 rings (SSSR count). The molecule has 3 aromatic heterocycles. The number of benzene rings is 1. The minimum atomic E-state index is -1.05. The third-order valence-corrected chi connectivity index (χ3v) is 11.4. The van der Waals surface area contributed by atoms with Crippen LogP contribution in [0, 0.1) is 5.41 Å². The zero-order valence-electron chi connectivity index (χ0n) is 26.1. The Bertz CT molecular complexity index is 1830. The second-order valence-corrected chi connectivity index (χ2v) is 14.7. The van der Waals surface area contributed by atoms with E-state index in [0.29, 0.717) is 45.1 Å². The van der Waals surface area contributed by atoms with Gasteiger partial charge in [-0.3, -0.25) is 4.98 Å². The zero-order valence-corrected chi connectivity index (χ0v) is 27.7. The van der Waals surface area contributed by atoms with E-state index in [4.69, 9.17) is 37.2 Å². The van der Waals surface area contributed by atoms with Gasteiger partial charge < -0.3 is 19.1 Å². The quantitative estimate of drug-likeness (QED) is 0.177. The van der Waals surface area contributed by atoms with Gasteiger partial charge in [0, 0.05) is 40.9 Å². The fourth-order valence-electron chi connectivity index (χ4n) is 7.82. The summed E-state index contributed by atoms with van der Waals surface area (Å²) < 4.78 is 19.0. The second-order valence-electron chi connectivity index (χ2n) is 13.9. The van der Waals surface area contributed by atoms with Crippen LogP contribution in [-0.4, -0.2) is 37.9 Å². The third kappa shape index (κ3) is 6.05. The minimum Gasteiger partial charge on any atom is -0.490 e. The van der Waals surface area contributed by atoms with Crippen molar-refractivity contribution in [2.45, 2.75) is 101 Å². The Morgan fingerprint density at radius 3 is 2.40 bits per heavy atom. The third-order valence-electron chi connectivity index (χ3n) is 10.9. The van der Waals surface area contributed by atoms with Gasteiger partial charge in [0.2, 0.25) is 0 Å². The van der Waals surface area contributed by atoms with Crippen LogP contribution in [0.15, 0.2) is 47.3 Å². The standard InChI is InChI=1S/C37H37Cl2N3O5/c38-27-19-40-20-28(39)32(27)33-26(34(47-42-33)23-6-7-23)21-45-37-14-11-36(12-15-37,13-16-37)10-9-22-5-8-29-25(17-22)31(18-30(41-29)35(43)44)46-24-3-1-2-4-24/h5,8-10,17-20,23-24H,1-4,6-7,11-16,21H2,(H,43,44). The summed E-state index contributed by atoms with van der Waals surface area (Å²) in [6.45, 7) is 0.419. The number of hydrogen-bond acceptors (Lipinski definition) is 7. The number of carboxylic acid groups (broad SMARTS) is 1. The number of hydrogen-bond donors (Lipinski definition) is 1. The van der Waals surface area contributed by atoms with Gasteiger partial charge in [-0.2, -0.15) is 0 Å². The Labute approximate surface area is 283 Å². The Kier molecular flexibility index (Phi) is 8.01. The summed E-state index contributed by atoms with van der Waals surface area (Å²) in [5, 5.41) is 15.8. The first kappa shape index (κ1) is 30.8. The van der Waals surface area contributed by atoms with E-state index in [9.17, 15) is 9.90 Å². The molecule has 3 heterocycles. The van der Waals surface area contributed by atoms with Crippen molar-refractivity contribution in [1.82, 2.24) is 15.1 Å². The van der Waals surface area contributed by atoms with Gasteiger partial charge >= 0.3 is 5.97 Å². The lowest BCUT2D eigenvalue weighted by molar-refractivity contribution is -0.133. The smallest absolute Gasteiger partial charge is 0.354 e. The van der Waals surface area contributed by atoms with Crippen LogP contribution in [-0.2, 0) is 11.3 Å². The molecule has 1 N–H and O–H groups in total. The molecule has 47 heavy (non-hydrogen) atoms. The summed E-state index contributed by atoms with van der Waals surface area (Å²) >= 11 is 13.0. The van der Waals surface area contributed by atoms with Gasteiger partial charge in [0.05, 0.1) is 33.9 Å². The molecule has 5 aliphatic carbocycles. The number of halogens is 2. The molecule has 10 heteroatoms. The first-order valence-electron chi connectivity index (χ1n) is 16.8. The molecule has 0 spiro atoms. The van der Waals surface area contributed by atoms with Crippen LogP contribution in [0.5, 0.6) is 5.75 Å².